The van der Waals surface area contributed by atoms with E-state index in [2.05, 4.69) is 10.3 Å². The molecule has 0 aliphatic carbocycles. The van der Waals surface area contributed by atoms with Gasteiger partial charge in [-0.25, -0.2) is 4.98 Å². The van der Waals surface area contributed by atoms with Crippen LogP contribution in [0.15, 0.2) is 82.4 Å². The number of carbonyl (C=O) groups excluding carboxylic acids is 2. The first-order chi connectivity index (χ1) is 14.9. The van der Waals surface area contributed by atoms with Crippen molar-refractivity contribution >= 4 is 75.9 Å². The molecule has 4 rings (SSSR count). The van der Waals surface area contributed by atoms with E-state index in [0.717, 1.165) is 9.92 Å². The van der Waals surface area contributed by atoms with Gasteiger partial charge >= 0.3 is 0 Å². The van der Waals surface area contributed by atoms with E-state index >= 15 is 0 Å². The van der Waals surface area contributed by atoms with Crippen LogP contribution in [0.2, 0.25) is 10.0 Å². The molecule has 1 aliphatic rings. The second kappa shape index (κ2) is 9.20. The topological polar surface area (TPSA) is 62.3 Å². The van der Waals surface area contributed by atoms with Crippen molar-refractivity contribution in [2.75, 3.05) is 4.90 Å². The van der Waals surface area contributed by atoms with E-state index in [1.807, 2.05) is 30.3 Å². The molecule has 0 spiro atoms. The molecular weight excluding hydrogens is 473 g/mol. The Morgan fingerprint density at radius 2 is 1.58 bits per heavy atom. The predicted molar refractivity (Wildman–Crippen MR) is 127 cm³/mol. The summed E-state index contributed by atoms with van der Waals surface area (Å²) in [5, 5.41) is 4.54. The number of rotatable bonds is 4. The lowest BCUT2D eigenvalue weighted by atomic mass is 10.1. The summed E-state index contributed by atoms with van der Waals surface area (Å²) in [4.78, 5) is 32.1. The van der Waals surface area contributed by atoms with E-state index in [1.54, 1.807) is 36.5 Å². The number of aromatic nitrogens is 1. The maximum Gasteiger partial charge on any atom is 0.270 e. The number of amides is 2. The lowest BCUT2D eigenvalue weighted by Crippen LogP contribution is -2.54. The SMILES string of the molecule is O=C1NC(=S)N(c2ccc(Cl)cc2)C(=O)/C1=C/c1ccc(Sc2ccc(Cl)cc2)nc1. The molecule has 31 heavy (non-hydrogen) atoms. The molecule has 1 fully saturated rings. The Morgan fingerprint density at radius 1 is 0.935 bits per heavy atom. The number of nitrogens with one attached hydrogen (secondary N) is 1. The Hall–Kier alpha value is -2.71. The van der Waals surface area contributed by atoms with Gasteiger partial charge in [0.25, 0.3) is 11.8 Å². The predicted octanol–water partition coefficient (Wildman–Crippen LogP) is 5.37. The molecule has 1 N–H and O–H groups in total. The monoisotopic (exact) mass is 485 g/mol. The molecule has 0 unspecified atom stereocenters. The van der Waals surface area contributed by atoms with Crippen molar-refractivity contribution in [1.82, 2.24) is 10.3 Å². The van der Waals surface area contributed by atoms with E-state index in [1.165, 1.54) is 22.7 Å². The van der Waals surface area contributed by atoms with Gasteiger partial charge in [0.15, 0.2) is 5.11 Å². The summed E-state index contributed by atoms with van der Waals surface area (Å²) < 4.78 is 0. The van der Waals surface area contributed by atoms with Crippen LogP contribution in [-0.2, 0) is 9.59 Å². The molecule has 0 atom stereocenters. The highest BCUT2D eigenvalue weighted by atomic mass is 35.5. The number of pyridine rings is 1. The zero-order chi connectivity index (χ0) is 22.0. The number of hydrogen-bond acceptors (Lipinski definition) is 5. The third-order valence-electron chi connectivity index (χ3n) is 4.29. The standard InChI is InChI=1S/C22H13Cl2N3O2S2/c23-14-2-6-16(7-3-14)27-21(29)18(20(28)26-22(27)30)11-13-1-10-19(25-12-13)31-17-8-4-15(24)5-9-17/h1-12H,(H,26,28,30)/b18-11+. The highest BCUT2D eigenvalue weighted by Crippen LogP contribution is 2.28. The number of halogens is 2. The van der Waals surface area contributed by atoms with Crippen molar-refractivity contribution < 1.29 is 9.59 Å². The second-order valence-electron chi connectivity index (χ2n) is 6.42. The summed E-state index contributed by atoms with van der Waals surface area (Å²) in [5.41, 5.74) is 1.09. The van der Waals surface area contributed by atoms with Crippen LogP contribution in [0.5, 0.6) is 0 Å². The molecule has 1 saturated heterocycles. The minimum absolute atomic E-state index is 0.0160. The van der Waals surface area contributed by atoms with Gasteiger partial charge in [0.1, 0.15) is 10.6 Å². The molecule has 0 bridgehead atoms. The molecule has 154 valence electrons. The number of hydrogen-bond donors (Lipinski definition) is 1. The number of anilines is 1. The van der Waals surface area contributed by atoms with Crippen LogP contribution in [0.1, 0.15) is 5.56 Å². The first-order valence-corrected chi connectivity index (χ1v) is 11.0. The Kier molecular flexibility index (Phi) is 6.38. The molecular formula is C22H13Cl2N3O2S2. The fourth-order valence-corrected chi connectivity index (χ4v) is 4.10. The van der Waals surface area contributed by atoms with Gasteiger partial charge < -0.3 is 0 Å². The van der Waals surface area contributed by atoms with Crippen LogP contribution in [0.25, 0.3) is 6.08 Å². The summed E-state index contributed by atoms with van der Waals surface area (Å²) in [7, 11) is 0. The van der Waals surface area contributed by atoms with E-state index in [9.17, 15) is 9.59 Å². The largest absolute Gasteiger partial charge is 0.298 e. The molecule has 0 saturated carbocycles. The molecule has 3 aromatic rings. The number of nitrogens with zero attached hydrogens (tertiary/aromatic N) is 2. The van der Waals surface area contributed by atoms with Crippen molar-refractivity contribution in [3.8, 4) is 0 Å². The van der Waals surface area contributed by atoms with Crippen molar-refractivity contribution in [3.63, 3.8) is 0 Å². The van der Waals surface area contributed by atoms with Crippen LogP contribution < -0.4 is 10.2 Å². The number of carbonyl (C=O) groups is 2. The van der Waals surface area contributed by atoms with Crippen molar-refractivity contribution in [1.29, 1.82) is 0 Å². The Morgan fingerprint density at radius 3 is 2.19 bits per heavy atom. The lowest BCUT2D eigenvalue weighted by Gasteiger charge is -2.28. The molecule has 2 aromatic carbocycles. The van der Waals surface area contributed by atoms with Crippen LogP contribution in [0.4, 0.5) is 5.69 Å². The zero-order valence-electron chi connectivity index (χ0n) is 15.7. The van der Waals surface area contributed by atoms with E-state index in [0.29, 0.717) is 21.3 Å². The first-order valence-electron chi connectivity index (χ1n) is 8.97. The normalized spacial score (nSPS) is 15.4. The molecule has 1 aromatic heterocycles. The zero-order valence-corrected chi connectivity index (χ0v) is 18.9. The number of thiocarbonyl (C=S) groups is 1. The summed E-state index contributed by atoms with van der Waals surface area (Å²) in [6.07, 6.45) is 3.09. The third kappa shape index (κ3) is 4.97. The maximum atomic E-state index is 13.0. The average Bonchev–Trinajstić information content (AvgIpc) is 2.75. The number of benzene rings is 2. The van der Waals surface area contributed by atoms with Gasteiger partial charge in [-0.3, -0.25) is 19.8 Å². The van der Waals surface area contributed by atoms with Gasteiger partial charge in [0, 0.05) is 21.1 Å². The highest BCUT2D eigenvalue weighted by molar-refractivity contribution is 7.99. The van der Waals surface area contributed by atoms with Gasteiger partial charge in [0.2, 0.25) is 0 Å². The molecule has 5 nitrogen and oxygen atoms in total. The Balaban J connectivity index is 1.57. The Labute approximate surface area is 198 Å². The van der Waals surface area contributed by atoms with Crippen molar-refractivity contribution in [2.45, 2.75) is 9.92 Å². The summed E-state index contributed by atoms with van der Waals surface area (Å²) in [6.45, 7) is 0. The molecule has 1 aliphatic heterocycles. The highest BCUT2D eigenvalue weighted by Gasteiger charge is 2.34. The quantitative estimate of drug-likeness (QED) is 0.305. The molecule has 2 amide bonds. The Bertz CT molecular complexity index is 1190. The molecule has 9 heteroatoms. The molecule has 0 radical (unpaired) electrons. The van der Waals surface area contributed by atoms with E-state index in [4.69, 9.17) is 35.4 Å². The van der Waals surface area contributed by atoms with E-state index in [-0.39, 0.29) is 10.7 Å². The van der Waals surface area contributed by atoms with E-state index < -0.39 is 11.8 Å². The lowest BCUT2D eigenvalue weighted by molar-refractivity contribution is -0.122. The molecule has 2 heterocycles. The van der Waals surface area contributed by atoms with Crippen LogP contribution in [-0.4, -0.2) is 21.9 Å². The van der Waals surface area contributed by atoms with Crippen LogP contribution in [0.3, 0.4) is 0 Å². The fraction of sp³-hybridized carbons (Fsp3) is 0. The van der Waals surface area contributed by atoms with Crippen LogP contribution >= 0.6 is 47.2 Å². The maximum absolute atomic E-state index is 13.0. The average molecular weight is 486 g/mol. The fourth-order valence-electron chi connectivity index (χ4n) is 2.81. The van der Waals surface area contributed by atoms with Gasteiger partial charge in [-0.15, -0.1) is 0 Å². The van der Waals surface area contributed by atoms with Gasteiger partial charge in [0.05, 0.1) is 5.69 Å². The van der Waals surface area contributed by atoms with Gasteiger partial charge in [-0.2, -0.15) is 0 Å². The summed E-state index contributed by atoms with van der Waals surface area (Å²) >= 11 is 18.5. The summed E-state index contributed by atoms with van der Waals surface area (Å²) in [5.74, 6) is -1.07. The van der Waals surface area contributed by atoms with Gasteiger partial charge in [-0.1, -0.05) is 41.0 Å². The van der Waals surface area contributed by atoms with Crippen molar-refractivity contribution in [2.24, 2.45) is 0 Å². The van der Waals surface area contributed by atoms with Crippen LogP contribution in [0, 0.1) is 0 Å². The minimum atomic E-state index is -0.556. The second-order valence-corrected chi connectivity index (χ2v) is 8.77. The van der Waals surface area contributed by atoms with Crippen molar-refractivity contribution in [3.05, 3.63) is 88.0 Å². The minimum Gasteiger partial charge on any atom is -0.298 e. The summed E-state index contributed by atoms with van der Waals surface area (Å²) in [6, 6.07) is 17.7. The third-order valence-corrected chi connectivity index (χ3v) is 6.04. The first kappa shape index (κ1) is 21.5. The van der Waals surface area contributed by atoms with Gasteiger partial charge in [-0.05, 0) is 78.5 Å². The smallest absolute Gasteiger partial charge is 0.270 e.